The van der Waals surface area contributed by atoms with Crippen LogP contribution in [0.5, 0.6) is 0 Å². The van der Waals surface area contributed by atoms with Crippen LogP contribution in [-0.2, 0) is 15.2 Å². The molecule has 2 aromatic rings. The van der Waals surface area contributed by atoms with Gasteiger partial charge in [-0.1, -0.05) is 42.5 Å². The Labute approximate surface area is 185 Å². The minimum atomic E-state index is 0.575. The van der Waals surface area contributed by atoms with Gasteiger partial charge in [0.1, 0.15) is 0 Å². The van der Waals surface area contributed by atoms with Crippen molar-refractivity contribution in [1.82, 2.24) is 10.2 Å². The summed E-state index contributed by atoms with van der Waals surface area (Å²) in [5.41, 5.74) is 1.41. The number of hydrogen-bond donors (Lipinski definition) is 1. The standard InChI is InChI=1S/C24H35N3O2S/c1-3-25-24(27-13-11-20(17-27)18-29-15-14-28-2)26-12-16-30-19-22-9-6-8-21-7-4-5-10-23(21)22/h4-10,20H,3,11-19H2,1-2H3,(H,25,26). The van der Waals surface area contributed by atoms with Gasteiger partial charge in [0.15, 0.2) is 5.96 Å². The van der Waals surface area contributed by atoms with Crippen LogP contribution in [0.4, 0.5) is 0 Å². The Balaban J connectivity index is 1.43. The highest BCUT2D eigenvalue weighted by Gasteiger charge is 2.24. The summed E-state index contributed by atoms with van der Waals surface area (Å²) in [5.74, 6) is 3.67. The number of likely N-dealkylation sites (tertiary alicyclic amines) is 1. The maximum atomic E-state index is 5.72. The summed E-state index contributed by atoms with van der Waals surface area (Å²) < 4.78 is 10.8. The number of methoxy groups -OCH3 is 1. The summed E-state index contributed by atoms with van der Waals surface area (Å²) >= 11 is 1.95. The SMILES string of the molecule is CCNC(=NCCSCc1cccc2ccccc12)N1CCC(COCCOC)C1. The van der Waals surface area contributed by atoms with Crippen molar-refractivity contribution in [3.8, 4) is 0 Å². The molecule has 1 atom stereocenters. The third kappa shape index (κ3) is 6.89. The smallest absolute Gasteiger partial charge is 0.193 e. The first-order chi connectivity index (χ1) is 14.8. The molecule has 1 fully saturated rings. The monoisotopic (exact) mass is 429 g/mol. The van der Waals surface area contributed by atoms with Crippen LogP contribution in [0.15, 0.2) is 47.5 Å². The molecule has 1 aliphatic rings. The second kappa shape index (κ2) is 12.8. The highest BCUT2D eigenvalue weighted by Crippen LogP contribution is 2.22. The molecule has 1 aliphatic heterocycles. The molecule has 3 rings (SSSR count). The summed E-state index contributed by atoms with van der Waals surface area (Å²) in [6.07, 6.45) is 1.16. The lowest BCUT2D eigenvalue weighted by molar-refractivity contribution is 0.0536. The van der Waals surface area contributed by atoms with Crippen LogP contribution in [0, 0.1) is 5.92 Å². The van der Waals surface area contributed by atoms with Crippen molar-refractivity contribution in [2.75, 3.05) is 58.9 Å². The molecular formula is C24H35N3O2S. The summed E-state index contributed by atoms with van der Waals surface area (Å²) in [7, 11) is 1.71. The van der Waals surface area contributed by atoms with Gasteiger partial charge in [0, 0.05) is 44.2 Å². The lowest BCUT2D eigenvalue weighted by atomic mass is 10.1. The zero-order valence-corrected chi connectivity index (χ0v) is 19.1. The highest BCUT2D eigenvalue weighted by molar-refractivity contribution is 7.98. The molecule has 5 nitrogen and oxygen atoms in total. The molecule has 164 valence electrons. The van der Waals surface area contributed by atoms with E-state index in [9.17, 15) is 0 Å². The Kier molecular flexibility index (Phi) is 9.80. The van der Waals surface area contributed by atoms with Gasteiger partial charge in [0.25, 0.3) is 0 Å². The van der Waals surface area contributed by atoms with E-state index in [1.807, 2.05) is 11.8 Å². The lowest BCUT2D eigenvalue weighted by Gasteiger charge is -2.21. The van der Waals surface area contributed by atoms with Crippen molar-refractivity contribution in [3.05, 3.63) is 48.0 Å². The first-order valence-electron chi connectivity index (χ1n) is 11.0. The molecule has 1 saturated heterocycles. The molecule has 6 heteroatoms. The quantitative estimate of drug-likeness (QED) is 0.332. The van der Waals surface area contributed by atoms with Gasteiger partial charge in [-0.3, -0.25) is 4.99 Å². The molecule has 0 saturated carbocycles. The minimum Gasteiger partial charge on any atom is -0.382 e. The van der Waals surface area contributed by atoms with Gasteiger partial charge < -0.3 is 19.7 Å². The van der Waals surface area contributed by atoms with Crippen LogP contribution in [0.1, 0.15) is 18.9 Å². The summed E-state index contributed by atoms with van der Waals surface area (Å²) in [6.45, 7) is 8.07. The van der Waals surface area contributed by atoms with Crippen LogP contribution in [0.25, 0.3) is 10.8 Å². The second-order valence-electron chi connectivity index (χ2n) is 7.59. The van der Waals surface area contributed by atoms with Gasteiger partial charge in [0.2, 0.25) is 0 Å². The maximum absolute atomic E-state index is 5.72. The summed E-state index contributed by atoms with van der Waals surface area (Å²) in [4.78, 5) is 7.26. The Bertz CT molecular complexity index is 794. The van der Waals surface area contributed by atoms with Crippen molar-refractivity contribution in [2.45, 2.75) is 19.1 Å². The molecule has 1 unspecified atom stereocenters. The van der Waals surface area contributed by atoms with E-state index in [1.165, 1.54) is 16.3 Å². The molecule has 0 amide bonds. The zero-order chi connectivity index (χ0) is 21.0. The van der Waals surface area contributed by atoms with Gasteiger partial charge in [-0.05, 0) is 29.7 Å². The largest absolute Gasteiger partial charge is 0.382 e. The number of rotatable bonds is 11. The molecule has 1 N–H and O–H groups in total. The number of thioether (sulfide) groups is 1. The van der Waals surface area contributed by atoms with Gasteiger partial charge in [0.05, 0.1) is 26.4 Å². The number of guanidine groups is 1. The second-order valence-corrected chi connectivity index (χ2v) is 8.70. The van der Waals surface area contributed by atoms with E-state index in [4.69, 9.17) is 14.5 Å². The number of fused-ring (bicyclic) bond motifs is 1. The molecule has 2 aromatic carbocycles. The molecule has 1 heterocycles. The Morgan fingerprint density at radius 3 is 2.93 bits per heavy atom. The highest BCUT2D eigenvalue weighted by atomic mass is 32.2. The molecule has 0 aliphatic carbocycles. The van der Waals surface area contributed by atoms with Crippen molar-refractivity contribution < 1.29 is 9.47 Å². The van der Waals surface area contributed by atoms with E-state index in [0.29, 0.717) is 19.1 Å². The predicted octanol–water partition coefficient (Wildman–Crippen LogP) is 4.02. The normalized spacial score (nSPS) is 17.1. The van der Waals surface area contributed by atoms with Gasteiger partial charge >= 0.3 is 0 Å². The average Bonchev–Trinajstić information content (AvgIpc) is 3.25. The number of nitrogens with one attached hydrogen (secondary N) is 1. The summed E-state index contributed by atoms with van der Waals surface area (Å²) in [5, 5.41) is 6.14. The molecule has 0 aromatic heterocycles. The fourth-order valence-corrected chi connectivity index (χ4v) is 4.63. The zero-order valence-electron chi connectivity index (χ0n) is 18.3. The van der Waals surface area contributed by atoms with Crippen LogP contribution < -0.4 is 5.32 Å². The van der Waals surface area contributed by atoms with E-state index in [-0.39, 0.29) is 0 Å². The average molecular weight is 430 g/mol. The Morgan fingerprint density at radius 2 is 2.07 bits per heavy atom. The van der Waals surface area contributed by atoms with Crippen molar-refractivity contribution in [2.24, 2.45) is 10.9 Å². The first-order valence-corrected chi connectivity index (χ1v) is 12.1. The van der Waals surface area contributed by atoms with E-state index in [2.05, 4.69) is 59.6 Å². The van der Waals surface area contributed by atoms with Crippen LogP contribution in [0.3, 0.4) is 0 Å². The Morgan fingerprint density at radius 1 is 1.20 bits per heavy atom. The summed E-state index contributed by atoms with van der Waals surface area (Å²) in [6, 6.07) is 15.2. The van der Waals surface area contributed by atoms with Crippen molar-refractivity contribution in [1.29, 1.82) is 0 Å². The predicted molar refractivity (Wildman–Crippen MR) is 128 cm³/mol. The van der Waals surface area contributed by atoms with E-state index in [0.717, 1.165) is 56.7 Å². The van der Waals surface area contributed by atoms with Gasteiger partial charge in [-0.15, -0.1) is 0 Å². The van der Waals surface area contributed by atoms with Crippen molar-refractivity contribution in [3.63, 3.8) is 0 Å². The fraction of sp³-hybridized carbons (Fsp3) is 0.542. The molecule has 30 heavy (non-hydrogen) atoms. The maximum Gasteiger partial charge on any atom is 0.193 e. The third-order valence-corrected chi connectivity index (χ3v) is 6.33. The van der Waals surface area contributed by atoms with E-state index >= 15 is 0 Å². The number of ether oxygens (including phenoxy) is 2. The molecule has 0 spiro atoms. The number of hydrogen-bond acceptors (Lipinski definition) is 4. The third-order valence-electron chi connectivity index (χ3n) is 5.34. The topological polar surface area (TPSA) is 46.1 Å². The fourth-order valence-electron chi connectivity index (χ4n) is 3.80. The van der Waals surface area contributed by atoms with E-state index in [1.54, 1.807) is 7.11 Å². The number of nitrogens with zero attached hydrogens (tertiary/aromatic N) is 2. The molecule has 0 bridgehead atoms. The minimum absolute atomic E-state index is 0.575. The van der Waals surface area contributed by atoms with Gasteiger partial charge in [-0.2, -0.15) is 11.8 Å². The molecule has 0 radical (unpaired) electrons. The van der Waals surface area contributed by atoms with E-state index < -0.39 is 0 Å². The Hall–Kier alpha value is -1.76. The van der Waals surface area contributed by atoms with Crippen LogP contribution >= 0.6 is 11.8 Å². The van der Waals surface area contributed by atoms with Crippen LogP contribution in [0.2, 0.25) is 0 Å². The number of benzene rings is 2. The molecular weight excluding hydrogens is 394 g/mol. The first kappa shape index (κ1) is 22.9. The van der Waals surface area contributed by atoms with Crippen molar-refractivity contribution >= 4 is 28.5 Å². The van der Waals surface area contributed by atoms with Gasteiger partial charge in [-0.25, -0.2) is 0 Å². The lowest BCUT2D eigenvalue weighted by Crippen LogP contribution is -2.40. The number of aliphatic imine (C=N–C) groups is 1. The van der Waals surface area contributed by atoms with Crippen LogP contribution in [-0.4, -0.2) is 69.7 Å².